The number of benzene rings is 2. The number of thiocarbonyl (C=S) groups is 1. The number of nitrogens with two attached hydrogens (primary N) is 1. The van der Waals surface area contributed by atoms with Crippen LogP contribution in [0.15, 0.2) is 47.4 Å². The SMILES string of the molecule is NC(=S)c1ccc(S(=O)(=O)Nc2ccccc2Cl)c(Cl)c1. The summed E-state index contributed by atoms with van der Waals surface area (Å²) in [4.78, 5) is 0.0593. The maximum absolute atomic E-state index is 12.3. The molecule has 4 nitrogen and oxygen atoms in total. The fraction of sp³-hybridized carbons (Fsp3) is 0. The lowest BCUT2D eigenvalue weighted by Gasteiger charge is -2.11. The molecule has 21 heavy (non-hydrogen) atoms. The topological polar surface area (TPSA) is 72.2 Å². The molecule has 0 fully saturated rings. The van der Waals surface area contributed by atoms with Crippen molar-refractivity contribution in [2.75, 3.05) is 4.72 Å². The molecule has 0 saturated heterocycles. The lowest BCUT2D eigenvalue weighted by molar-refractivity contribution is 0.601. The Balaban J connectivity index is 2.41. The van der Waals surface area contributed by atoms with Crippen LogP contribution in [-0.4, -0.2) is 13.4 Å². The first-order chi connectivity index (χ1) is 9.81. The molecule has 0 aliphatic carbocycles. The Bertz CT molecular complexity index is 808. The van der Waals surface area contributed by atoms with Gasteiger partial charge < -0.3 is 5.73 Å². The van der Waals surface area contributed by atoms with Crippen molar-refractivity contribution in [2.45, 2.75) is 4.90 Å². The molecule has 0 amide bonds. The van der Waals surface area contributed by atoms with E-state index in [0.717, 1.165) is 0 Å². The molecule has 3 N–H and O–H groups in total. The largest absolute Gasteiger partial charge is 0.389 e. The summed E-state index contributed by atoms with van der Waals surface area (Å²) in [7, 11) is -3.86. The van der Waals surface area contributed by atoms with Crippen molar-refractivity contribution in [3.63, 3.8) is 0 Å². The van der Waals surface area contributed by atoms with Crippen molar-refractivity contribution in [1.82, 2.24) is 0 Å². The highest BCUT2D eigenvalue weighted by Crippen LogP contribution is 2.27. The summed E-state index contributed by atoms with van der Waals surface area (Å²) < 4.78 is 27.1. The average Bonchev–Trinajstić information content (AvgIpc) is 2.40. The maximum Gasteiger partial charge on any atom is 0.263 e. The van der Waals surface area contributed by atoms with Gasteiger partial charge in [0.2, 0.25) is 0 Å². The molecule has 0 aliphatic rings. The van der Waals surface area contributed by atoms with E-state index < -0.39 is 10.0 Å². The van der Waals surface area contributed by atoms with Crippen LogP contribution in [0.2, 0.25) is 10.0 Å². The average molecular weight is 361 g/mol. The van der Waals surface area contributed by atoms with Crippen LogP contribution in [-0.2, 0) is 10.0 Å². The van der Waals surface area contributed by atoms with E-state index >= 15 is 0 Å². The molecule has 0 aromatic heterocycles. The van der Waals surface area contributed by atoms with Gasteiger partial charge in [-0.3, -0.25) is 4.72 Å². The van der Waals surface area contributed by atoms with Crippen molar-refractivity contribution < 1.29 is 8.42 Å². The highest BCUT2D eigenvalue weighted by atomic mass is 35.5. The third-order valence-electron chi connectivity index (χ3n) is 2.62. The van der Waals surface area contributed by atoms with Gasteiger partial charge in [-0.25, -0.2) is 8.42 Å². The Hall–Kier alpha value is -1.34. The zero-order valence-corrected chi connectivity index (χ0v) is 13.7. The molecule has 8 heteroatoms. The molecule has 2 aromatic carbocycles. The minimum atomic E-state index is -3.86. The van der Waals surface area contributed by atoms with Gasteiger partial charge in [-0.05, 0) is 24.3 Å². The maximum atomic E-state index is 12.3. The Morgan fingerprint density at radius 3 is 2.33 bits per heavy atom. The van der Waals surface area contributed by atoms with Gasteiger partial charge in [-0.2, -0.15) is 0 Å². The summed E-state index contributed by atoms with van der Waals surface area (Å²) in [6.45, 7) is 0. The first-order valence-electron chi connectivity index (χ1n) is 5.68. The lowest BCUT2D eigenvalue weighted by Crippen LogP contribution is -2.15. The Morgan fingerprint density at radius 2 is 1.76 bits per heavy atom. The quantitative estimate of drug-likeness (QED) is 0.819. The number of halogens is 2. The highest BCUT2D eigenvalue weighted by Gasteiger charge is 2.19. The van der Waals surface area contributed by atoms with Gasteiger partial charge in [0, 0.05) is 5.56 Å². The van der Waals surface area contributed by atoms with Crippen LogP contribution in [0.1, 0.15) is 5.56 Å². The van der Waals surface area contributed by atoms with Crippen LogP contribution in [0.3, 0.4) is 0 Å². The van der Waals surface area contributed by atoms with E-state index in [-0.39, 0.29) is 25.6 Å². The number of nitrogens with one attached hydrogen (secondary N) is 1. The fourth-order valence-corrected chi connectivity index (χ4v) is 3.61. The van der Waals surface area contributed by atoms with Gasteiger partial charge in [-0.15, -0.1) is 0 Å². The number of hydrogen-bond acceptors (Lipinski definition) is 3. The fourth-order valence-electron chi connectivity index (χ4n) is 1.62. The predicted molar refractivity (Wildman–Crippen MR) is 89.6 cm³/mol. The second-order valence-electron chi connectivity index (χ2n) is 4.09. The lowest BCUT2D eigenvalue weighted by atomic mass is 10.2. The van der Waals surface area contributed by atoms with Crippen LogP contribution < -0.4 is 10.5 Å². The molecule has 110 valence electrons. The van der Waals surface area contributed by atoms with Gasteiger partial charge in [0.15, 0.2) is 0 Å². The molecule has 0 aliphatic heterocycles. The van der Waals surface area contributed by atoms with Crippen LogP contribution in [0, 0.1) is 0 Å². The molecular formula is C13H10Cl2N2O2S2. The third-order valence-corrected chi connectivity index (χ3v) is 5.04. The summed E-state index contributed by atoms with van der Waals surface area (Å²) in [5, 5.41) is 0.316. The Labute approximate surface area is 137 Å². The monoisotopic (exact) mass is 360 g/mol. The van der Waals surface area contributed by atoms with Crippen molar-refractivity contribution in [1.29, 1.82) is 0 Å². The third kappa shape index (κ3) is 3.65. The predicted octanol–water partition coefficient (Wildman–Crippen LogP) is 3.43. The Kier molecular flexibility index (Phi) is 4.73. The molecule has 2 aromatic rings. The number of hydrogen-bond donors (Lipinski definition) is 2. The zero-order chi connectivity index (χ0) is 15.6. The summed E-state index contributed by atoms with van der Waals surface area (Å²) in [5.41, 5.74) is 6.24. The van der Waals surface area contributed by atoms with Crippen molar-refractivity contribution in [2.24, 2.45) is 5.73 Å². The molecule has 0 unspecified atom stereocenters. The molecule has 0 bridgehead atoms. The standard InChI is InChI=1S/C13H10Cl2N2O2S2/c14-9-3-1-2-4-11(9)17-21(18,19)12-6-5-8(13(16)20)7-10(12)15/h1-7,17H,(H2,16,20). The molecular weight excluding hydrogens is 351 g/mol. The summed E-state index contributed by atoms with van der Waals surface area (Å²) >= 11 is 16.7. The van der Waals surface area contributed by atoms with Gasteiger partial charge in [0.25, 0.3) is 10.0 Å². The highest BCUT2D eigenvalue weighted by molar-refractivity contribution is 7.92. The number of para-hydroxylation sites is 1. The van der Waals surface area contributed by atoms with E-state index in [9.17, 15) is 8.42 Å². The Morgan fingerprint density at radius 1 is 1.10 bits per heavy atom. The van der Waals surface area contributed by atoms with E-state index in [1.165, 1.54) is 18.2 Å². The van der Waals surface area contributed by atoms with Crippen LogP contribution in [0.5, 0.6) is 0 Å². The van der Waals surface area contributed by atoms with Gasteiger partial charge >= 0.3 is 0 Å². The normalized spacial score (nSPS) is 11.1. The minimum Gasteiger partial charge on any atom is -0.389 e. The number of anilines is 1. The van der Waals surface area contributed by atoms with Crippen molar-refractivity contribution in [3.8, 4) is 0 Å². The first kappa shape index (κ1) is 16.0. The van der Waals surface area contributed by atoms with E-state index in [1.54, 1.807) is 24.3 Å². The molecule has 2 rings (SSSR count). The zero-order valence-electron chi connectivity index (χ0n) is 10.5. The molecule has 0 atom stereocenters. The van der Waals surface area contributed by atoms with Gasteiger partial charge in [0.1, 0.15) is 9.88 Å². The minimum absolute atomic E-state index is 0.0276. The molecule has 0 radical (unpaired) electrons. The molecule has 0 spiro atoms. The van der Waals surface area contributed by atoms with Crippen molar-refractivity contribution in [3.05, 3.63) is 58.1 Å². The van der Waals surface area contributed by atoms with E-state index in [2.05, 4.69) is 4.72 Å². The number of sulfonamides is 1. The van der Waals surface area contributed by atoms with Crippen LogP contribution >= 0.6 is 35.4 Å². The summed E-state index contributed by atoms with van der Waals surface area (Å²) in [6, 6.07) is 10.7. The van der Waals surface area contributed by atoms with Gasteiger partial charge in [0.05, 0.1) is 15.7 Å². The number of rotatable bonds is 4. The van der Waals surface area contributed by atoms with Gasteiger partial charge in [-0.1, -0.05) is 53.6 Å². The summed E-state index contributed by atoms with van der Waals surface area (Å²) in [5.74, 6) is 0. The second-order valence-corrected chi connectivity index (χ2v) is 7.00. The first-order valence-corrected chi connectivity index (χ1v) is 8.33. The van der Waals surface area contributed by atoms with Crippen LogP contribution in [0.25, 0.3) is 0 Å². The molecule has 0 heterocycles. The summed E-state index contributed by atoms with van der Waals surface area (Å²) in [6.07, 6.45) is 0. The van der Waals surface area contributed by atoms with E-state index in [4.69, 9.17) is 41.2 Å². The van der Waals surface area contributed by atoms with E-state index in [0.29, 0.717) is 5.56 Å². The van der Waals surface area contributed by atoms with Crippen LogP contribution in [0.4, 0.5) is 5.69 Å². The van der Waals surface area contributed by atoms with Crippen molar-refractivity contribution >= 4 is 56.1 Å². The van der Waals surface area contributed by atoms with E-state index in [1.807, 2.05) is 0 Å². The smallest absolute Gasteiger partial charge is 0.263 e. The second kappa shape index (κ2) is 6.19. The molecule has 0 saturated carbocycles.